The average Bonchev–Trinajstić information content (AvgIpc) is 2.65. The van der Waals surface area contributed by atoms with E-state index in [1.165, 1.54) is 5.56 Å². The number of benzene rings is 1. The molecule has 104 valence electrons. The normalized spacial score (nSPS) is 34.2. The van der Waals surface area contributed by atoms with Crippen LogP contribution < -0.4 is 0 Å². The van der Waals surface area contributed by atoms with Crippen LogP contribution in [0.4, 0.5) is 0 Å². The highest BCUT2D eigenvalue weighted by Gasteiger charge is 2.47. The minimum absolute atomic E-state index is 0.211. The Kier molecular flexibility index (Phi) is 3.37. The number of hydrogen-bond donors (Lipinski definition) is 0. The van der Waals surface area contributed by atoms with Gasteiger partial charge in [-0.05, 0) is 25.3 Å². The molecule has 3 heteroatoms. The van der Waals surface area contributed by atoms with Crippen molar-refractivity contribution in [1.82, 2.24) is 4.90 Å². The Morgan fingerprint density at radius 1 is 1.16 bits per heavy atom. The van der Waals surface area contributed by atoms with E-state index in [1.807, 2.05) is 13.8 Å². The Morgan fingerprint density at radius 2 is 1.89 bits per heavy atom. The Hall–Kier alpha value is -0.900. The Labute approximate surface area is 115 Å². The maximum atomic E-state index is 6.03. The van der Waals surface area contributed by atoms with E-state index >= 15 is 0 Å². The second-order valence-electron chi connectivity index (χ2n) is 6.30. The summed E-state index contributed by atoms with van der Waals surface area (Å²) in [6.07, 6.45) is 0.462. The summed E-state index contributed by atoms with van der Waals surface area (Å²) in [6, 6.07) is 10.6. The van der Waals surface area contributed by atoms with Crippen LogP contribution in [-0.4, -0.2) is 36.0 Å². The van der Waals surface area contributed by atoms with E-state index in [1.54, 1.807) is 0 Å². The number of rotatable bonds is 2. The van der Waals surface area contributed by atoms with Crippen molar-refractivity contribution in [3.05, 3.63) is 35.9 Å². The van der Waals surface area contributed by atoms with Crippen LogP contribution in [0.25, 0.3) is 0 Å². The third-order valence-electron chi connectivity index (χ3n) is 4.02. The van der Waals surface area contributed by atoms with E-state index in [0.717, 1.165) is 19.6 Å². The van der Waals surface area contributed by atoms with Crippen molar-refractivity contribution in [2.24, 2.45) is 5.92 Å². The maximum absolute atomic E-state index is 6.03. The Morgan fingerprint density at radius 3 is 2.63 bits per heavy atom. The molecule has 0 aromatic heterocycles. The number of likely N-dealkylation sites (tertiary alicyclic amines) is 1. The molecule has 0 radical (unpaired) electrons. The van der Waals surface area contributed by atoms with Crippen LogP contribution in [0.1, 0.15) is 26.3 Å². The molecule has 0 spiro atoms. The van der Waals surface area contributed by atoms with Crippen molar-refractivity contribution in [2.75, 3.05) is 13.1 Å². The van der Waals surface area contributed by atoms with Crippen molar-refractivity contribution < 1.29 is 9.47 Å². The summed E-state index contributed by atoms with van der Waals surface area (Å²) in [5, 5.41) is 0. The fourth-order valence-electron chi connectivity index (χ4n) is 3.30. The molecule has 0 saturated carbocycles. The van der Waals surface area contributed by atoms with Gasteiger partial charge in [-0.2, -0.15) is 0 Å². The lowest BCUT2D eigenvalue weighted by Crippen LogP contribution is -2.49. The molecule has 2 aliphatic rings. The summed E-state index contributed by atoms with van der Waals surface area (Å²) < 4.78 is 12.0. The quantitative estimate of drug-likeness (QED) is 0.817. The summed E-state index contributed by atoms with van der Waals surface area (Å²) in [6.45, 7) is 9.33. The largest absolute Gasteiger partial charge is 0.344 e. The fourth-order valence-corrected chi connectivity index (χ4v) is 3.30. The van der Waals surface area contributed by atoms with Crippen molar-refractivity contribution in [1.29, 1.82) is 0 Å². The van der Waals surface area contributed by atoms with Gasteiger partial charge >= 0.3 is 0 Å². The average molecular weight is 261 g/mol. The molecule has 2 saturated heterocycles. The van der Waals surface area contributed by atoms with Gasteiger partial charge in [-0.25, -0.2) is 0 Å². The minimum atomic E-state index is -0.424. The van der Waals surface area contributed by atoms with E-state index in [9.17, 15) is 0 Å². The van der Waals surface area contributed by atoms with Gasteiger partial charge in [0.05, 0.1) is 6.10 Å². The predicted octanol–water partition coefficient (Wildman–Crippen LogP) is 2.66. The SMILES string of the molecule is CC1CN(Cc2ccccc2)CC2OC(C)(C)OC12. The van der Waals surface area contributed by atoms with Gasteiger partial charge < -0.3 is 9.47 Å². The summed E-state index contributed by atoms with van der Waals surface area (Å²) in [7, 11) is 0. The van der Waals surface area contributed by atoms with E-state index in [0.29, 0.717) is 5.92 Å². The standard InChI is InChI=1S/C16H23NO2/c1-12-9-17(10-13-7-5-4-6-8-13)11-14-15(12)19-16(2,3)18-14/h4-8,12,14-15H,9-11H2,1-3H3. The highest BCUT2D eigenvalue weighted by Crippen LogP contribution is 2.35. The molecule has 19 heavy (non-hydrogen) atoms. The minimum Gasteiger partial charge on any atom is -0.344 e. The first-order chi connectivity index (χ1) is 9.03. The van der Waals surface area contributed by atoms with Crippen LogP contribution in [0.3, 0.4) is 0 Å². The Balaban J connectivity index is 1.67. The lowest BCUT2D eigenvalue weighted by Gasteiger charge is -2.37. The third-order valence-corrected chi connectivity index (χ3v) is 4.02. The van der Waals surface area contributed by atoms with E-state index < -0.39 is 5.79 Å². The zero-order valence-corrected chi connectivity index (χ0v) is 12.0. The molecule has 0 amide bonds. The highest BCUT2D eigenvalue weighted by molar-refractivity contribution is 5.14. The molecule has 3 unspecified atom stereocenters. The molecule has 3 nitrogen and oxygen atoms in total. The van der Waals surface area contributed by atoms with Gasteiger partial charge in [0.2, 0.25) is 0 Å². The second kappa shape index (κ2) is 4.89. The highest BCUT2D eigenvalue weighted by atomic mass is 16.8. The van der Waals surface area contributed by atoms with Crippen LogP contribution in [0.2, 0.25) is 0 Å². The van der Waals surface area contributed by atoms with Crippen molar-refractivity contribution in [3.8, 4) is 0 Å². The number of nitrogens with zero attached hydrogens (tertiary/aromatic N) is 1. The van der Waals surface area contributed by atoms with E-state index in [2.05, 4.69) is 42.2 Å². The molecule has 0 aliphatic carbocycles. The summed E-state index contributed by atoms with van der Waals surface area (Å²) in [4.78, 5) is 2.48. The first kappa shape index (κ1) is 13.1. The number of hydrogen-bond acceptors (Lipinski definition) is 3. The molecule has 3 rings (SSSR count). The smallest absolute Gasteiger partial charge is 0.163 e. The molecule has 2 fully saturated rings. The lowest BCUT2D eigenvalue weighted by atomic mass is 9.94. The van der Waals surface area contributed by atoms with E-state index in [-0.39, 0.29) is 12.2 Å². The molecule has 0 bridgehead atoms. The molecule has 0 N–H and O–H groups in total. The molecule has 3 atom stereocenters. The lowest BCUT2D eigenvalue weighted by molar-refractivity contribution is -0.147. The van der Waals surface area contributed by atoms with Crippen LogP contribution >= 0.6 is 0 Å². The fraction of sp³-hybridized carbons (Fsp3) is 0.625. The molecule has 1 aromatic rings. The van der Waals surface area contributed by atoms with Crippen LogP contribution in [-0.2, 0) is 16.0 Å². The van der Waals surface area contributed by atoms with Gasteiger partial charge in [0, 0.05) is 19.6 Å². The summed E-state index contributed by atoms with van der Waals surface area (Å²) in [5.41, 5.74) is 1.37. The maximum Gasteiger partial charge on any atom is 0.163 e. The molecule has 2 heterocycles. The summed E-state index contributed by atoms with van der Waals surface area (Å²) in [5.74, 6) is 0.0936. The van der Waals surface area contributed by atoms with Gasteiger partial charge in [0.25, 0.3) is 0 Å². The van der Waals surface area contributed by atoms with Gasteiger partial charge in [-0.3, -0.25) is 4.90 Å². The molecule has 2 aliphatic heterocycles. The van der Waals surface area contributed by atoms with Gasteiger partial charge in [-0.1, -0.05) is 37.3 Å². The molecular formula is C16H23NO2. The number of piperidine rings is 1. The Bertz CT molecular complexity index is 432. The van der Waals surface area contributed by atoms with Crippen LogP contribution in [0.5, 0.6) is 0 Å². The van der Waals surface area contributed by atoms with Gasteiger partial charge in [-0.15, -0.1) is 0 Å². The van der Waals surface area contributed by atoms with Gasteiger partial charge in [0.15, 0.2) is 5.79 Å². The first-order valence-electron chi connectivity index (χ1n) is 7.15. The van der Waals surface area contributed by atoms with Crippen molar-refractivity contribution in [2.45, 2.75) is 45.3 Å². The predicted molar refractivity (Wildman–Crippen MR) is 74.7 cm³/mol. The zero-order valence-electron chi connectivity index (χ0n) is 12.0. The molecular weight excluding hydrogens is 238 g/mol. The zero-order chi connectivity index (χ0) is 13.5. The monoisotopic (exact) mass is 261 g/mol. The first-order valence-corrected chi connectivity index (χ1v) is 7.15. The third kappa shape index (κ3) is 2.83. The van der Waals surface area contributed by atoms with Crippen LogP contribution in [0, 0.1) is 5.92 Å². The van der Waals surface area contributed by atoms with Crippen molar-refractivity contribution in [3.63, 3.8) is 0 Å². The van der Waals surface area contributed by atoms with Crippen molar-refractivity contribution >= 4 is 0 Å². The van der Waals surface area contributed by atoms with Crippen LogP contribution in [0.15, 0.2) is 30.3 Å². The van der Waals surface area contributed by atoms with Gasteiger partial charge in [0.1, 0.15) is 6.10 Å². The molecule has 1 aromatic carbocycles. The van der Waals surface area contributed by atoms with E-state index in [4.69, 9.17) is 9.47 Å². The summed E-state index contributed by atoms with van der Waals surface area (Å²) >= 11 is 0. The number of fused-ring (bicyclic) bond motifs is 1. The second-order valence-corrected chi connectivity index (χ2v) is 6.30. The topological polar surface area (TPSA) is 21.7 Å². The number of ether oxygens (including phenoxy) is 2.